The minimum atomic E-state index is -0.465. The largest absolute Gasteiger partial charge is 0.481 e. The molecule has 3 rings (SSSR count). The van der Waals surface area contributed by atoms with Gasteiger partial charge in [-0.15, -0.1) is 0 Å². The van der Waals surface area contributed by atoms with Crippen LogP contribution in [0.25, 0.3) is 5.69 Å². The van der Waals surface area contributed by atoms with Gasteiger partial charge >= 0.3 is 0 Å². The number of aryl methyl sites for hydroxylation is 3. The van der Waals surface area contributed by atoms with E-state index in [0.29, 0.717) is 28.5 Å². The number of pyridine rings is 2. The fraction of sp³-hybridized carbons (Fsp3) is 0.263. The number of rotatable bonds is 4. The van der Waals surface area contributed by atoms with Gasteiger partial charge in [-0.1, -0.05) is 0 Å². The topological polar surface area (TPSA) is 91.0 Å². The highest BCUT2D eigenvalue weighted by atomic mass is 16.5. The first-order valence-corrected chi connectivity index (χ1v) is 8.37. The van der Waals surface area contributed by atoms with E-state index in [0.717, 1.165) is 5.69 Å². The molecule has 0 saturated heterocycles. The number of methoxy groups -OCH3 is 1. The summed E-state index contributed by atoms with van der Waals surface area (Å²) in [6.45, 7) is 5.40. The van der Waals surface area contributed by atoms with Crippen molar-refractivity contribution < 1.29 is 9.53 Å². The second kappa shape index (κ2) is 7.06. The Bertz CT molecular complexity index is 1060. The summed E-state index contributed by atoms with van der Waals surface area (Å²) >= 11 is 0. The number of hydrogen-bond donors (Lipinski definition) is 1. The van der Waals surface area contributed by atoms with Crippen molar-refractivity contribution in [1.82, 2.24) is 19.3 Å². The van der Waals surface area contributed by atoms with Crippen molar-refractivity contribution in [3.05, 3.63) is 63.5 Å². The third kappa shape index (κ3) is 3.33. The van der Waals surface area contributed by atoms with E-state index in [1.807, 2.05) is 13.8 Å². The summed E-state index contributed by atoms with van der Waals surface area (Å²) in [6, 6.07) is 5.09. The van der Waals surface area contributed by atoms with Crippen molar-refractivity contribution in [2.45, 2.75) is 20.8 Å². The molecule has 0 fully saturated rings. The first-order valence-electron chi connectivity index (χ1n) is 8.37. The number of anilines is 1. The van der Waals surface area contributed by atoms with Gasteiger partial charge in [-0.25, -0.2) is 4.98 Å². The molecule has 140 valence electrons. The van der Waals surface area contributed by atoms with Gasteiger partial charge in [0.15, 0.2) is 0 Å². The van der Waals surface area contributed by atoms with E-state index < -0.39 is 11.5 Å². The molecule has 1 amide bonds. The highest BCUT2D eigenvalue weighted by molar-refractivity contribution is 6.05. The lowest BCUT2D eigenvalue weighted by Gasteiger charge is -2.11. The summed E-state index contributed by atoms with van der Waals surface area (Å²) in [5.74, 6) is -0.0214. The molecule has 8 heteroatoms. The summed E-state index contributed by atoms with van der Waals surface area (Å²) in [4.78, 5) is 29.9. The van der Waals surface area contributed by atoms with E-state index in [1.165, 1.54) is 17.9 Å². The van der Waals surface area contributed by atoms with Gasteiger partial charge in [0.25, 0.3) is 11.5 Å². The zero-order chi connectivity index (χ0) is 19.7. The Morgan fingerprint density at radius 3 is 2.48 bits per heavy atom. The van der Waals surface area contributed by atoms with Crippen LogP contribution in [0.1, 0.15) is 27.3 Å². The van der Waals surface area contributed by atoms with Crippen LogP contribution in [-0.2, 0) is 7.05 Å². The van der Waals surface area contributed by atoms with Crippen molar-refractivity contribution in [3.8, 4) is 11.6 Å². The third-order valence-electron chi connectivity index (χ3n) is 4.48. The lowest BCUT2D eigenvalue weighted by Crippen LogP contribution is -2.29. The van der Waals surface area contributed by atoms with E-state index in [9.17, 15) is 9.59 Å². The van der Waals surface area contributed by atoms with Crippen LogP contribution in [0.2, 0.25) is 0 Å². The minimum absolute atomic E-state index is 0.0796. The maximum absolute atomic E-state index is 13.0. The molecule has 0 atom stereocenters. The van der Waals surface area contributed by atoms with Crippen LogP contribution in [0, 0.1) is 20.8 Å². The molecule has 3 aromatic heterocycles. The third-order valence-corrected chi connectivity index (χ3v) is 4.48. The molecule has 0 saturated carbocycles. The normalized spacial score (nSPS) is 10.7. The fourth-order valence-corrected chi connectivity index (χ4v) is 2.87. The van der Waals surface area contributed by atoms with Crippen molar-refractivity contribution in [1.29, 1.82) is 0 Å². The second-order valence-electron chi connectivity index (χ2n) is 6.23. The fourth-order valence-electron chi connectivity index (χ4n) is 2.87. The molecule has 3 aromatic rings. The average Bonchev–Trinajstić information content (AvgIpc) is 2.88. The summed E-state index contributed by atoms with van der Waals surface area (Å²) in [5, 5.41) is 7.11. The molecule has 0 aliphatic heterocycles. The van der Waals surface area contributed by atoms with E-state index in [1.54, 1.807) is 43.0 Å². The Morgan fingerprint density at radius 1 is 1.19 bits per heavy atom. The molecular weight excluding hydrogens is 346 g/mol. The number of hydrogen-bond acceptors (Lipinski definition) is 5. The maximum Gasteiger partial charge on any atom is 0.268 e. The van der Waals surface area contributed by atoms with Crippen LogP contribution in [0.15, 0.2) is 35.4 Å². The van der Waals surface area contributed by atoms with Crippen molar-refractivity contribution >= 4 is 11.6 Å². The monoisotopic (exact) mass is 367 g/mol. The van der Waals surface area contributed by atoms with Gasteiger partial charge < -0.3 is 10.1 Å². The predicted octanol–water partition coefficient (Wildman–Crippen LogP) is 2.15. The summed E-state index contributed by atoms with van der Waals surface area (Å²) in [6.07, 6.45) is 3.14. The van der Waals surface area contributed by atoms with Crippen molar-refractivity contribution in [2.24, 2.45) is 7.05 Å². The quantitative estimate of drug-likeness (QED) is 0.763. The maximum atomic E-state index is 13.0. The number of carbonyl (C=O) groups is 1. The number of amides is 1. The lowest BCUT2D eigenvalue weighted by molar-refractivity contribution is 0.102. The van der Waals surface area contributed by atoms with E-state index in [4.69, 9.17) is 4.74 Å². The molecule has 0 spiro atoms. The molecule has 27 heavy (non-hydrogen) atoms. The van der Waals surface area contributed by atoms with Crippen LogP contribution < -0.4 is 15.6 Å². The number of nitrogens with zero attached hydrogens (tertiary/aromatic N) is 4. The standard InChI is InChI=1S/C19H21N5O3/c1-11-8-9-24(14-6-7-15(27-5)20-10-14)19(26)16(11)18(25)21-17-12(2)22-23(4)13(17)3/h6-10H,1-5H3,(H,21,25). The van der Waals surface area contributed by atoms with Gasteiger partial charge in [0.2, 0.25) is 5.88 Å². The van der Waals surface area contributed by atoms with Gasteiger partial charge in [0, 0.05) is 19.3 Å². The zero-order valence-electron chi connectivity index (χ0n) is 15.9. The Hall–Kier alpha value is -3.42. The predicted molar refractivity (Wildman–Crippen MR) is 102 cm³/mol. The number of nitrogens with one attached hydrogen (secondary N) is 1. The summed E-state index contributed by atoms with van der Waals surface area (Å²) in [7, 11) is 3.32. The Morgan fingerprint density at radius 2 is 1.93 bits per heavy atom. The highest BCUT2D eigenvalue weighted by Crippen LogP contribution is 2.19. The van der Waals surface area contributed by atoms with Gasteiger partial charge in [-0.3, -0.25) is 18.8 Å². The summed E-state index contributed by atoms with van der Waals surface area (Å²) < 4.78 is 8.11. The number of carbonyl (C=O) groups excluding carboxylic acids is 1. The molecule has 1 N–H and O–H groups in total. The molecule has 8 nitrogen and oxygen atoms in total. The second-order valence-corrected chi connectivity index (χ2v) is 6.23. The van der Waals surface area contributed by atoms with E-state index in [-0.39, 0.29) is 5.56 Å². The zero-order valence-corrected chi connectivity index (χ0v) is 15.9. The van der Waals surface area contributed by atoms with Crippen LogP contribution in [0.5, 0.6) is 5.88 Å². The van der Waals surface area contributed by atoms with Crippen LogP contribution in [-0.4, -0.2) is 32.3 Å². The van der Waals surface area contributed by atoms with E-state index >= 15 is 0 Å². The molecule has 0 unspecified atom stereocenters. The minimum Gasteiger partial charge on any atom is -0.481 e. The van der Waals surface area contributed by atoms with E-state index in [2.05, 4.69) is 15.4 Å². The molecule has 3 heterocycles. The van der Waals surface area contributed by atoms with Gasteiger partial charge in [-0.2, -0.15) is 5.10 Å². The summed E-state index contributed by atoms with van der Waals surface area (Å²) in [5.41, 5.74) is 2.92. The molecule has 0 aromatic carbocycles. The highest BCUT2D eigenvalue weighted by Gasteiger charge is 2.20. The molecule has 0 radical (unpaired) electrons. The SMILES string of the molecule is COc1ccc(-n2ccc(C)c(C(=O)Nc3c(C)nn(C)c3C)c2=O)cn1. The lowest BCUT2D eigenvalue weighted by atomic mass is 10.1. The Balaban J connectivity index is 2.02. The van der Waals surface area contributed by atoms with Gasteiger partial charge in [0.1, 0.15) is 5.56 Å². The van der Waals surface area contributed by atoms with Gasteiger partial charge in [-0.05, 0) is 38.5 Å². The molecule has 0 aliphatic rings. The number of ether oxygens (including phenoxy) is 1. The van der Waals surface area contributed by atoms with Crippen molar-refractivity contribution in [3.63, 3.8) is 0 Å². The molecule has 0 aliphatic carbocycles. The Labute approximate surface area is 156 Å². The molecular formula is C19H21N5O3. The van der Waals surface area contributed by atoms with Gasteiger partial charge in [0.05, 0.1) is 36.1 Å². The van der Waals surface area contributed by atoms with Crippen LogP contribution in [0.4, 0.5) is 5.69 Å². The Kier molecular flexibility index (Phi) is 4.81. The molecule has 0 bridgehead atoms. The first-order chi connectivity index (χ1) is 12.8. The van der Waals surface area contributed by atoms with Crippen LogP contribution >= 0.6 is 0 Å². The average molecular weight is 367 g/mol. The van der Waals surface area contributed by atoms with Crippen LogP contribution in [0.3, 0.4) is 0 Å². The smallest absolute Gasteiger partial charge is 0.268 e. The van der Waals surface area contributed by atoms with Crippen molar-refractivity contribution in [2.75, 3.05) is 12.4 Å². The first kappa shape index (κ1) is 18.4. The number of aromatic nitrogens is 4.